The van der Waals surface area contributed by atoms with Gasteiger partial charge < -0.3 is 0 Å². The Morgan fingerprint density at radius 1 is 1.53 bits per heavy atom. The van der Waals surface area contributed by atoms with Gasteiger partial charge >= 0.3 is 6.55 Å². The third-order valence-electron chi connectivity index (χ3n) is 2.67. The Kier molecular flexibility index (Phi) is 3.54. The van der Waals surface area contributed by atoms with Gasteiger partial charge in [-0.3, -0.25) is 10.1 Å². The number of amides is 1. The predicted octanol–water partition coefficient (Wildman–Crippen LogP) is 1.19. The van der Waals surface area contributed by atoms with E-state index in [-0.39, 0.29) is 24.0 Å². The largest absolute Gasteiger partial charge is 0.333 e. The van der Waals surface area contributed by atoms with E-state index in [2.05, 4.69) is 25.6 Å². The predicted molar refractivity (Wildman–Crippen MR) is 61.7 cm³/mol. The molecule has 2 aromatic rings. The molecule has 0 spiro atoms. The van der Waals surface area contributed by atoms with Crippen LogP contribution in [0.2, 0.25) is 0 Å². The molecule has 2 heterocycles. The summed E-state index contributed by atoms with van der Waals surface area (Å²) >= 11 is 0. The topological polar surface area (TPSA) is 88.5 Å². The number of rotatable bonds is 4. The molecule has 7 nitrogen and oxygen atoms in total. The average Bonchev–Trinajstić information content (AvgIpc) is 2.92. The summed E-state index contributed by atoms with van der Waals surface area (Å²) < 4.78 is 25.9. The van der Waals surface area contributed by atoms with Crippen molar-refractivity contribution in [2.24, 2.45) is 0 Å². The quantitative estimate of drug-likeness (QED) is 0.873. The van der Waals surface area contributed by atoms with Crippen LogP contribution in [0.15, 0.2) is 6.33 Å². The van der Waals surface area contributed by atoms with E-state index in [4.69, 9.17) is 0 Å². The lowest BCUT2D eigenvalue weighted by Gasteiger charge is -2.04. The van der Waals surface area contributed by atoms with Crippen LogP contribution < -0.4 is 5.32 Å². The number of aromatic amines is 1. The van der Waals surface area contributed by atoms with E-state index < -0.39 is 6.55 Å². The highest BCUT2D eigenvalue weighted by Crippen LogP contribution is 2.19. The number of H-pyrrole nitrogens is 1. The minimum atomic E-state index is -2.72. The zero-order valence-electron chi connectivity index (χ0n) is 10.3. The van der Waals surface area contributed by atoms with Crippen LogP contribution in [-0.2, 0) is 11.2 Å². The molecule has 0 saturated carbocycles. The van der Waals surface area contributed by atoms with E-state index in [9.17, 15) is 13.6 Å². The van der Waals surface area contributed by atoms with Crippen molar-refractivity contribution in [3.05, 3.63) is 23.3 Å². The minimum absolute atomic E-state index is 0.0505. The second-order valence-electron chi connectivity index (χ2n) is 3.93. The molecule has 0 atom stereocenters. The number of nitrogens with zero attached hydrogens (tertiary/aromatic N) is 4. The summed E-state index contributed by atoms with van der Waals surface area (Å²) in [7, 11) is 0. The molecule has 2 rings (SSSR count). The van der Waals surface area contributed by atoms with Gasteiger partial charge in [0.2, 0.25) is 11.9 Å². The lowest BCUT2D eigenvalue weighted by molar-refractivity contribution is -0.115. The van der Waals surface area contributed by atoms with Crippen LogP contribution in [0.25, 0.3) is 0 Å². The first kappa shape index (κ1) is 13.1. The van der Waals surface area contributed by atoms with Gasteiger partial charge in [-0.2, -0.15) is 24.0 Å². The van der Waals surface area contributed by atoms with Gasteiger partial charge in [0.15, 0.2) is 0 Å². The van der Waals surface area contributed by atoms with Gasteiger partial charge in [0, 0.05) is 11.3 Å². The van der Waals surface area contributed by atoms with E-state index in [0.717, 1.165) is 0 Å². The Morgan fingerprint density at radius 3 is 2.79 bits per heavy atom. The van der Waals surface area contributed by atoms with E-state index in [1.54, 1.807) is 6.92 Å². The number of aryl methyl sites for hydroxylation is 1. The fourth-order valence-corrected chi connectivity index (χ4v) is 1.75. The van der Waals surface area contributed by atoms with Crippen LogP contribution in [0, 0.1) is 13.8 Å². The second kappa shape index (κ2) is 5.12. The standard InChI is InChI=1S/C10H12F2N6O/c1-5-7(6(2)18(17-5)9(11)12)3-8(19)15-10-13-4-14-16-10/h4,9H,3H2,1-2H3,(H2,13,14,15,16,19). The SMILES string of the molecule is Cc1nn(C(F)F)c(C)c1CC(=O)Nc1ncn[nH]1. The summed E-state index contributed by atoms with van der Waals surface area (Å²) in [5, 5.41) is 12.2. The molecule has 0 aromatic carbocycles. The van der Waals surface area contributed by atoms with Crippen LogP contribution in [0.1, 0.15) is 23.5 Å². The minimum Gasteiger partial charge on any atom is -0.295 e. The summed E-state index contributed by atoms with van der Waals surface area (Å²) in [5.74, 6) is -0.168. The van der Waals surface area contributed by atoms with E-state index in [1.165, 1.54) is 13.3 Å². The lowest BCUT2D eigenvalue weighted by Crippen LogP contribution is -2.16. The maximum atomic E-state index is 12.6. The van der Waals surface area contributed by atoms with E-state index in [0.29, 0.717) is 15.9 Å². The summed E-state index contributed by atoms with van der Waals surface area (Å²) in [6.07, 6.45) is 1.20. The zero-order valence-corrected chi connectivity index (χ0v) is 10.3. The number of hydrogen-bond acceptors (Lipinski definition) is 4. The number of carbonyl (C=O) groups excluding carboxylic acids is 1. The van der Waals surface area contributed by atoms with E-state index in [1.807, 2.05) is 0 Å². The Bertz CT molecular complexity index is 577. The van der Waals surface area contributed by atoms with Gasteiger partial charge in [-0.1, -0.05) is 0 Å². The van der Waals surface area contributed by atoms with Crippen molar-refractivity contribution in [2.45, 2.75) is 26.8 Å². The molecule has 102 valence electrons. The number of halogens is 2. The molecule has 2 N–H and O–H groups in total. The highest BCUT2D eigenvalue weighted by Gasteiger charge is 2.19. The first-order valence-electron chi connectivity index (χ1n) is 5.47. The molecular formula is C10H12F2N6O. The normalized spacial score (nSPS) is 11.0. The molecular weight excluding hydrogens is 258 g/mol. The third kappa shape index (κ3) is 2.75. The average molecular weight is 270 g/mol. The number of anilines is 1. The van der Waals surface area contributed by atoms with Crippen molar-refractivity contribution >= 4 is 11.9 Å². The molecule has 0 unspecified atom stereocenters. The smallest absolute Gasteiger partial charge is 0.295 e. The molecule has 0 saturated heterocycles. The number of alkyl halides is 2. The van der Waals surface area contributed by atoms with Crippen LogP contribution >= 0.6 is 0 Å². The Hall–Kier alpha value is -2.32. The molecule has 9 heteroatoms. The molecule has 0 aliphatic heterocycles. The fraction of sp³-hybridized carbons (Fsp3) is 0.400. The van der Waals surface area contributed by atoms with Gasteiger partial charge in [-0.15, -0.1) is 0 Å². The number of hydrogen-bond donors (Lipinski definition) is 2. The van der Waals surface area contributed by atoms with Crippen molar-refractivity contribution in [3.63, 3.8) is 0 Å². The fourth-order valence-electron chi connectivity index (χ4n) is 1.75. The molecule has 0 aliphatic rings. The number of carbonyl (C=O) groups is 1. The van der Waals surface area contributed by atoms with Crippen LogP contribution in [0.4, 0.5) is 14.7 Å². The van der Waals surface area contributed by atoms with Gasteiger partial charge in [0.1, 0.15) is 6.33 Å². The maximum Gasteiger partial charge on any atom is 0.333 e. The van der Waals surface area contributed by atoms with Gasteiger partial charge in [-0.25, -0.2) is 9.78 Å². The summed E-state index contributed by atoms with van der Waals surface area (Å²) in [6.45, 7) is 0.372. The summed E-state index contributed by atoms with van der Waals surface area (Å²) in [4.78, 5) is 15.5. The van der Waals surface area contributed by atoms with Crippen molar-refractivity contribution in [2.75, 3.05) is 5.32 Å². The Morgan fingerprint density at radius 2 is 2.26 bits per heavy atom. The van der Waals surface area contributed by atoms with Crippen molar-refractivity contribution in [3.8, 4) is 0 Å². The number of nitrogens with one attached hydrogen (secondary N) is 2. The highest BCUT2D eigenvalue weighted by molar-refractivity contribution is 5.90. The lowest BCUT2D eigenvalue weighted by atomic mass is 10.1. The highest BCUT2D eigenvalue weighted by atomic mass is 19.3. The third-order valence-corrected chi connectivity index (χ3v) is 2.67. The van der Waals surface area contributed by atoms with E-state index >= 15 is 0 Å². The zero-order chi connectivity index (χ0) is 14.0. The second-order valence-corrected chi connectivity index (χ2v) is 3.93. The van der Waals surface area contributed by atoms with Gasteiger partial charge in [-0.05, 0) is 13.8 Å². The summed E-state index contributed by atoms with van der Waals surface area (Å²) in [6, 6.07) is 0. The molecule has 1 amide bonds. The first-order valence-corrected chi connectivity index (χ1v) is 5.47. The Labute approximate surface area is 107 Å². The van der Waals surface area contributed by atoms with Crippen molar-refractivity contribution in [1.82, 2.24) is 25.0 Å². The van der Waals surface area contributed by atoms with Crippen molar-refractivity contribution in [1.29, 1.82) is 0 Å². The molecule has 0 fully saturated rings. The molecule has 0 radical (unpaired) electrons. The molecule has 0 bridgehead atoms. The first-order chi connectivity index (χ1) is 8.99. The van der Waals surface area contributed by atoms with Gasteiger partial charge in [0.05, 0.1) is 12.1 Å². The van der Waals surface area contributed by atoms with Crippen LogP contribution in [-0.4, -0.2) is 30.9 Å². The molecule has 0 aliphatic carbocycles. The van der Waals surface area contributed by atoms with Crippen molar-refractivity contribution < 1.29 is 13.6 Å². The Balaban J connectivity index is 2.13. The van der Waals surface area contributed by atoms with Crippen LogP contribution in [0.5, 0.6) is 0 Å². The number of aromatic nitrogens is 5. The van der Waals surface area contributed by atoms with Crippen LogP contribution in [0.3, 0.4) is 0 Å². The molecule has 19 heavy (non-hydrogen) atoms. The molecule has 2 aromatic heterocycles. The van der Waals surface area contributed by atoms with Gasteiger partial charge in [0.25, 0.3) is 0 Å². The maximum absolute atomic E-state index is 12.6. The monoisotopic (exact) mass is 270 g/mol. The summed E-state index contributed by atoms with van der Waals surface area (Å²) in [5.41, 5.74) is 1.17.